The highest BCUT2D eigenvalue weighted by molar-refractivity contribution is 5.99. The van der Waals surface area contributed by atoms with Gasteiger partial charge in [-0.1, -0.05) is 12.1 Å². The van der Waals surface area contributed by atoms with Crippen LogP contribution in [0.15, 0.2) is 36.4 Å². The van der Waals surface area contributed by atoms with Gasteiger partial charge in [0, 0.05) is 6.42 Å². The summed E-state index contributed by atoms with van der Waals surface area (Å²) in [5, 5.41) is 1.79. The number of rotatable bonds is 0. The first-order valence-electron chi connectivity index (χ1n) is 6.12. The third-order valence-corrected chi connectivity index (χ3v) is 3.07. The first kappa shape index (κ1) is 11.7. The molecule has 0 saturated heterocycles. The molecule has 96 valence electrons. The van der Waals surface area contributed by atoms with Crippen molar-refractivity contribution in [2.45, 2.75) is 6.42 Å². The minimum atomic E-state index is -0.350. The molecule has 2 aliphatic heterocycles. The Morgan fingerprint density at radius 3 is 1.68 bits per heavy atom. The molecule has 19 heavy (non-hydrogen) atoms. The van der Waals surface area contributed by atoms with E-state index in [1.807, 2.05) is 0 Å². The predicted octanol–water partition coefficient (Wildman–Crippen LogP) is 2.56. The van der Waals surface area contributed by atoms with Crippen LogP contribution < -0.4 is 0 Å². The molecule has 2 aromatic rings. The maximum absolute atomic E-state index is 11.8. The van der Waals surface area contributed by atoms with Gasteiger partial charge in [0.2, 0.25) is 0 Å². The van der Waals surface area contributed by atoms with Crippen LogP contribution >= 0.6 is 0 Å². The average Bonchev–Trinajstić information content (AvgIpc) is 2.46. The zero-order valence-electron chi connectivity index (χ0n) is 10.2. The summed E-state index contributed by atoms with van der Waals surface area (Å²) < 4.78 is 10.2. The van der Waals surface area contributed by atoms with Gasteiger partial charge in [0.1, 0.15) is 0 Å². The Morgan fingerprint density at radius 1 is 0.737 bits per heavy atom. The molecule has 2 aliphatic rings. The minimum absolute atomic E-state index is 0.246. The second-order valence-corrected chi connectivity index (χ2v) is 4.40. The highest BCUT2D eigenvalue weighted by Crippen LogP contribution is 2.19. The van der Waals surface area contributed by atoms with Crippen LogP contribution in [-0.2, 0) is 9.47 Å². The van der Waals surface area contributed by atoms with Crippen LogP contribution in [0.2, 0.25) is 0 Å². The van der Waals surface area contributed by atoms with E-state index in [-0.39, 0.29) is 25.2 Å². The van der Waals surface area contributed by atoms with Gasteiger partial charge >= 0.3 is 11.9 Å². The van der Waals surface area contributed by atoms with Crippen molar-refractivity contribution in [1.29, 1.82) is 0 Å². The van der Waals surface area contributed by atoms with Crippen LogP contribution in [-0.4, -0.2) is 25.2 Å². The first-order chi connectivity index (χ1) is 9.24. The minimum Gasteiger partial charge on any atom is -0.462 e. The fourth-order valence-electron chi connectivity index (χ4n) is 2.06. The van der Waals surface area contributed by atoms with Crippen molar-refractivity contribution in [3.8, 4) is 0 Å². The highest BCUT2D eigenvalue weighted by Gasteiger charge is 2.12. The van der Waals surface area contributed by atoms with Gasteiger partial charge in [-0.15, -0.1) is 0 Å². The van der Waals surface area contributed by atoms with E-state index in [0.717, 1.165) is 10.8 Å². The van der Waals surface area contributed by atoms with E-state index in [1.165, 1.54) is 0 Å². The number of carbonyl (C=O) groups is 2. The molecule has 0 fully saturated rings. The molecule has 0 amide bonds. The summed E-state index contributed by atoms with van der Waals surface area (Å²) in [5.41, 5.74) is 1.04. The molecule has 0 spiro atoms. The van der Waals surface area contributed by atoms with Crippen LogP contribution in [0, 0.1) is 0 Å². The summed E-state index contributed by atoms with van der Waals surface area (Å²) in [7, 11) is 0. The van der Waals surface area contributed by atoms with Crippen molar-refractivity contribution in [1.82, 2.24) is 0 Å². The molecule has 2 heterocycles. The lowest BCUT2D eigenvalue weighted by Crippen LogP contribution is -2.10. The Bertz CT molecular complexity index is 603. The van der Waals surface area contributed by atoms with Gasteiger partial charge < -0.3 is 9.47 Å². The SMILES string of the molecule is O=C1OCCCOC(=O)c2ccc3cc1ccc3c2. The van der Waals surface area contributed by atoms with Crippen LogP contribution in [0.4, 0.5) is 0 Å². The Labute approximate surface area is 109 Å². The van der Waals surface area contributed by atoms with E-state index in [4.69, 9.17) is 9.47 Å². The largest absolute Gasteiger partial charge is 0.462 e. The Balaban J connectivity index is 2.13. The highest BCUT2D eigenvalue weighted by atomic mass is 16.5. The molecule has 0 aliphatic carbocycles. The molecule has 0 aromatic heterocycles. The molecule has 4 rings (SSSR count). The number of fused-ring (bicyclic) bond motifs is 8. The molecule has 0 saturated carbocycles. The summed E-state index contributed by atoms with van der Waals surface area (Å²) in [6.45, 7) is 0.491. The monoisotopic (exact) mass is 256 g/mol. The van der Waals surface area contributed by atoms with Crippen molar-refractivity contribution < 1.29 is 19.1 Å². The van der Waals surface area contributed by atoms with Crippen molar-refractivity contribution in [2.24, 2.45) is 0 Å². The quantitative estimate of drug-likeness (QED) is 0.680. The smallest absolute Gasteiger partial charge is 0.338 e. The second kappa shape index (κ2) is 4.72. The van der Waals surface area contributed by atoms with Gasteiger partial charge in [0.05, 0.1) is 24.3 Å². The lowest BCUT2D eigenvalue weighted by Gasteiger charge is -2.04. The lowest BCUT2D eigenvalue weighted by molar-refractivity contribution is 0.0396. The van der Waals surface area contributed by atoms with Crippen LogP contribution in [0.1, 0.15) is 27.1 Å². The molecule has 0 radical (unpaired) electrons. The molecular formula is C15H12O4. The average molecular weight is 256 g/mol. The Kier molecular flexibility index (Phi) is 2.91. The molecular weight excluding hydrogens is 244 g/mol. The summed E-state index contributed by atoms with van der Waals surface area (Å²) >= 11 is 0. The molecule has 4 heteroatoms. The van der Waals surface area contributed by atoms with Crippen molar-refractivity contribution in [3.63, 3.8) is 0 Å². The number of hydrogen-bond acceptors (Lipinski definition) is 4. The lowest BCUT2D eigenvalue weighted by atomic mass is 10.0. The molecule has 0 unspecified atom stereocenters. The van der Waals surface area contributed by atoms with Crippen LogP contribution in [0.5, 0.6) is 0 Å². The molecule has 0 atom stereocenters. The third-order valence-electron chi connectivity index (χ3n) is 3.07. The molecule has 4 nitrogen and oxygen atoms in total. The van der Waals surface area contributed by atoms with Gasteiger partial charge in [-0.2, -0.15) is 0 Å². The summed E-state index contributed by atoms with van der Waals surface area (Å²) in [4.78, 5) is 23.6. The van der Waals surface area contributed by atoms with Gasteiger partial charge in [0.25, 0.3) is 0 Å². The maximum atomic E-state index is 11.8. The van der Waals surface area contributed by atoms with E-state index >= 15 is 0 Å². The zero-order chi connectivity index (χ0) is 13.2. The number of benzene rings is 2. The van der Waals surface area contributed by atoms with Crippen molar-refractivity contribution in [3.05, 3.63) is 47.5 Å². The number of esters is 2. The molecule has 2 aromatic carbocycles. The first-order valence-corrected chi connectivity index (χ1v) is 6.12. The van der Waals surface area contributed by atoms with Gasteiger partial charge in [-0.25, -0.2) is 9.59 Å². The number of carbonyl (C=O) groups excluding carboxylic acids is 2. The normalized spacial score (nSPS) is 15.8. The van der Waals surface area contributed by atoms with E-state index in [1.54, 1.807) is 36.4 Å². The summed E-state index contributed by atoms with van der Waals surface area (Å²) in [5.74, 6) is -0.701. The Hall–Kier alpha value is -2.36. The van der Waals surface area contributed by atoms with Crippen molar-refractivity contribution in [2.75, 3.05) is 13.2 Å². The van der Waals surface area contributed by atoms with E-state index in [9.17, 15) is 9.59 Å². The second-order valence-electron chi connectivity index (χ2n) is 4.40. The fourth-order valence-corrected chi connectivity index (χ4v) is 2.06. The van der Waals surface area contributed by atoms with Gasteiger partial charge in [-0.3, -0.25) is 0 Å². The van der Waals surface area contributed by atoms with Gasteiger partial charge in [0.15, 0.2) is 0 Å². The standard InChI is InChI=1S/C15H12O4/c16-14-12-4-2-10-8-13(5-3-11(10)9-12)15(17)19-7-1-6-18-14/h2-5,8-9H,1,6-7H2. The van der Waals surface area contributed by atoms with Crippen LogP contribution in [0.3, 0.4) is 0 Å². The predicted molar refractivity (Wildman–Crippen MR) is 69.1 cm³/mol. The fraction of sp³-hybridized carbons (Fsp3) is 0.200. The molecule has 4 bridgehead atoms. The van der Waals surface area contributed by atoms with Crippen molar-refractivity contribution >= 4 is 22.7 Å². The Morgan fingerprint density at radius 2 is 1.21 bits per heavy atom. The van der Waals surface area contributed by atoms with E-state index < -0.39 is 0 Å². The maximum Gasteiger partial charge on any atom is 0.338 e. The van der Waals surface area contributed by atoms with Crippen LogP contribution in [0.25, 0.3) is 10.8 Å². The molecule has 0 N–H and O–H groups in total. The summed E-state index contributed by atoms with van der Waals surface area (Å²) in [6.07, 6.45) is 0.499. The number of ether oxygens (including phenoxy) is 2. The van der Waals surface area contributed by atoms with Gasteiger partial charge in [-0.05, 0) is 35.0 Å². The third kappa shape index (κ3) is 2.29. The van der Waals surface area contributed by atoms with E-state index in [2.05, 4.69) is 0 Å². The summed E-state index contributed by atoms with van der Waals surface area (Å²) in [6, 6.07) is 10.6. The number of hydrogen-bond donors (Lipinski definition) is 0. The zero-order valence-corrected chi connectivity index (χ0v) is 10.2. The van der Waals surface area contributed by atoms with E-state index in [0.29, 0.717) is 17.5 Å². The topological polar surface area (TPSA) is 52.6 Å².